The standard InChI is InChI=1S/C17H19ClN4O3S/c1-10(14-19-15(22-25-14)17(2,3)4)26-16-21-20-13(24-16)9-23-12-7-5-11(18)6-8-12/h5-8,10H,9H2,1-4H3/t10-/m0/s1. The Bertz CT molecular complexity index is 858. The SMILES string of the molecule is C[C@H](Sc1nnc(COc2ccc(Cl)cc2)o1)c1nc(C(C)(C)C)no1. The lowest BCUT2D eigenvalue weighted by molar-refractivity contribution is 0.252. The molecule has 0 bridgehead atoms. The van der Waals surface area contributed by atoms with Crippen molar-refractivity contribution < 1.29 is 13.7 Å². The van der Waals surface area contributed by atoms with Gasteiger partial charge in [-0.1, -0.05) is 49.3 Å². The van der Waals surface area contributed by atoms with Gasteiger partial charge in [-0.3, -0.25) is 0 Å². The Labute approximate surface area is 160 Å². The van der Waals surface area contributed by atoms with E-state index >= 15 is 0 Å². The van der Waals surface area contributed by atoms with Crippen LogP contribution in [0.2, 0.25) is 5.02 Å². The number of hydrogen-bond acceptors (Lipinski definition) is 8. The number of aromatic nitrogens is 4. The monoisotopic (exact) mass is 394 g/mol. The Hall–Kier alpha value is -2.06. The van der Waals surface area contributed by atoms with Crippen LogP contribution in [0.3, 0.4) is 0 Å². The molecule has 1 aromatic carbocycles. The van der Waals surface area contributed by atoms with Crippen LogP contribution >= 0.6 is 23.4 Å². The minimum absolute atomic E-state index is 0.107. The van der Waals surface area contributed by atoms with Crippen LogP contribution in [0.5, 0.6) is 5.75 Å². The number of rotatable bonds is 6. The Morgan fingerprint density at radius 2 is 1.92 bits per heavy atom. The third-order valence-corrected chi connectivity index (χ3v) is 4.54. The fourth-order valence-corrected chi connectivity index (χ4v) is 2.78. The fourth-order valence-electron chi connectivity index (χ4n) is 1.93. The summed E-state index contributed by atoms with van der Waals surface area (Å²) < 4.78 is 16.5. The Morgan fingerprint density at radius 3 is 2.58 bits per heavy atom. The molecule has 26 heavy (non-hydrogen) atoms. The number of benzene rings is 1. The van der Waals surface area contributed by atoms with Crippen LogP contribution in [0.15, 0.2) is 38.4 Å². The number of hydrogen-bond donors (Lipinski definition) is 0. The summed E-state index contributed by atoms with van der Waals surface area (Å²) >= 11 is 7.20. The third-order valence-electron chi connectivity index (χ3n) is 3.36. The number of thioether (sulfide) groups is 1. The number of ether oxygens (including phenoxy) is 1. The lowest BCUT2D eigenvalue weighted by Gasteiger charge is -2.11. The van der Waals surface area contributed by atoms with E-state index in [1.807, 2.05) is 27.7 Å². The molecule has 3 aromatic rings. The zero-order chi connectivity index (χ0) is 18.7. The molecule has 0 unspecified atom stereocenters. The van der Waals surface area contributed by atoms with Gasteiger partial charge in [0, 0.05) is 10.4 Å². The minimum Gasteiger partial charge on any atom is -0.484 e. The summed E-state index contributed by atoms with van der Waals surface area (Å²) in [7, 11) is 0. The quantitative estimate of drug-likeness (QED) is 0.549. The largest absolute Gasteiger partial charge is 0.484 e. The van der Waals surface area contributed by atoms with Crippen LogP contribution in [0, 0.1) is 0 Å². The van der Waals surface area contributed by atoms with Crippen molar-refractivity contribution in [2.24, 2.45) is 0 Å². The molecule has 0 aliphatic carbocycles. The van der Waals surface area contributed by atoms with Crippen molar-refractivity contribution in [2.75, 3.05) is 0 Å². The molecule has 0 aliphatic rings. The van der Waals surface area contributed by atoms with Gasteiger partial charge < -0.3 is 13.7 Å². The molecule has 0 spiro atoms. The predicted octanol–water partition coefficient (Wildman–Crippen LogP) is 4.84. The fraction of sp³-hybridized carbons (Fsp3) is 0.412. The highest BCUT2D eigenvalue weighted by molar-refractivity contribution is 7.99. The highest BCUT2D eigenvalue weighted by Crippen LogP contribution is 2.34. The van der Waals surface area contributed by atoms with E-state index in [0.29, 0.717) is 33.6 Å². The average Bonchev–Trinajstić information content (AvgIpc) is 3.23. The van der Waals surface area contributed by atoms with E-state index in [2.05, 4.69) is 20.3 Å². The van der Waals surface area contributed by atoms with Crippen LogP contribution in [-0.2, 0) is 12.0 Å². The highest BCUT2D eigenvalue weighted by atomic mass is 35.5. The molecular formula is C17H19ClN4O3S. The lowest BCUT2D eigenvalue weighted by atomic mass is 9.96. The van der Waals surface area contributed by atoms with Crippen LogP contribution in [0.4, 0.5) is 0 Å². The molecule has 0 fully saturated rings. The van der Waals surface area contributed by atoms with Gasteiger partial charge in [0.1, 0.15) is 5.75 Å². The molecule has 138 valence electrons. The first-order valence-electron chi connectivity index (χ1n) is 8.03. The van der Waals surface area contributed by atoms with E-state index in [9.17, 15) is 0 Å². The summed E-state index contributed by atoms with van der Waals surface area (Å²) in [4.78, 5) is 4.44. The Balaban J connectivity index is 1.57. The first-order chi connectivity index (χ1) is 12.3. The van der Waals surface area contributed by atoms with Gasteiger partial charge >= 0.3 is 0 Å². The maximum absolute atomic E-state index is 5.84. The minimum atomic E-state index is -0.164. The molecule has 0 N–H and O–H groups in total. The normalized spacial score (nSPS) is 13.0. The molecule has 9 heteroatoms. The zero-order valence-corrected chi connectivity index (χ0v) is 16.5. The molecule has 0 amide bonds. The van der Waals surface area contributed by atoms with Crippen LogP contribution in [-0.4, -0.2) is 20.3 Å². The maximum atomic E-state index is 5.84. The molecular weight excluding hydrogens is 376 g/mol. The topological polar surface area (TPSA) is 87.1 Å². The first kappa shape index (κ1) is 18.7. The molecule has 0 saturated heterocycles. The number of nitrogens with zero attached hydrogens (tertiary/aromatic N) is 4. The highest BCUT2D eigenvalue weighted by Gasteiger charge is 2.24. The summed E-state index contributed by atoms with van der Waals surface area (Å²) in [6.45, 7) is 8.22. The van der Waals surface area contributed by atoms with E-state index in [1.165, 1.54) is 11.8 Å². The van der Waals surface area contributed by atoms with Gasteiger partial charge in [-0.2, -0.15) is 4.98 Å². The summed E-state index contributed by atoms with van der Waals surface area (Å²) in [5.74, 6) is 2.26. The van der Waals surface area contributed by atoms with Gasteiger partial charge in [0.05, 0.1) is 5.25 Å². The lowest BCUT2D eigenvalue weighted by Crippen LogP contribution is -2.13. The molecule has 1 atom stereocenters. The molecule has 2 aromatic heterocycles. The zero-order valence-electron chi connectivity index (χ0n) is 14.9. The van der Waals surface area contributed by atoms with E-state index in [0.717, 1.165) is 0 Å². The second kappa shape index (κ2) is 7.67. The smallest absolute Gasteiger partial charge is 0.277 e. The van der Waals surface area contributed by atoms with Crippen LogP contribution < -0.4 is 4.74 Å². The van der Waals surface area contributed by atoms with Gasteiger partial charge in [0.2, 0.25) is 5.89 Å². The Kier molecular flexibility index (Phi) is 5.52. The van der Waals surface area contributed by atoms with Gasteiger partial charge in [-0.25, -0.2) is 0 Å². The van der Waals surface area contributed by atoms with Gasteiger partial charge in [0.25, 0.3) is 11.1 Å². The predicted molar refractivity (Wildman–Crippen MR) is 97.4 cm³/mol. The summed E-state index contributed by atoms with van der Waals surface area (Å²) in [6, 6.07) is 7.06. The summed E-state index contributed by atoms with van der Waals surface area (Å²) in [5, 5.41) is 13.0. The van der Waals surface area contributed by atoms with E-state index in [1.54, 1.807) is 24.3 Å². The summed E-state index contributed by atoms with van der Waals surface area (Å²) in [6.07, 6.45) is 0. The number of halogens is 1. The molecule has 3 rings (SSSR count). The molecule has 0 radical (unpaired) electrons. The Morgan fingerprint density at radius 1 is 1.19 bits per heavy atom. The van der Waals surface area contributed by atoms with Crippen molar-refractivity contribution in [1.82, 2.24) is 20.3 Å². The van der Waals surface area contributed by atoms with E-state index in [4.69, 9.17) is 25.3 Å². The average molecular weight is 395 g/mol. The molecule has 7 nitrogen and oxygen atoms in total. The van der Waals surface area contributed by atoms with Crippen molar-refractivity contribution in [3.8, 4) is 5.75 Å². The van der Waals surface area contributed by atoms with Gasteiger partial charge in [-0.05, 0) is 31.2 Å². The van der Waals surface area contributed by atoms with Crippen molar-refractivity contribution >= 4 is 23.4 Å². The second-order valence-electron chi connectivity index (χ2n) is 6.67. The van der Waals surface area contributed by atoms with Crippen molar-refractivity contribution in [1.29, 1.82) is 0 Å². The maximum Gasteiger partial charge on any atom is 0.277 e. The third kappa shape index (κ3) is 4.76. The van der Waals surface area contributed by atoms with E-state index in [-0.39, 0.29) is 17.3 Å². The second-order valence-corrected chi connectivity index (χ2v) is 8.40. The molecule has 0 aliphatic heterocycles. The first-order valence-corrected chi connectivity index (χ1v) is 9.28. The van der Waals surface area contributed by atoms with Crippen LogP contribution in [0.1, 0.15) is 50.6 Å². The summed E-state index contributed by atoms with van der Waals surface area (Å²) in [5.41, 5.74) is -0.164. The van der Waals surface area contributed by atoms with E-state index < -0.39 is 0 Å². The van der Waals surface area contributed by atoms with Gasteiger partial charge in [0.15, 0.2) is 12.4 Å². The molecule has 0 saturated carbocycles. The van der Waals surface area contributed by atoms with Gasteiger partial charge in [-0.15, -0.1) is 10.2 Å². The van der Waals surface area contributed by atoms with Crippen LogP contribution in [0.25, 0.3) is 0 Å². The van der Waals surface area contributed by atoms with Crippen molar-refractivity contribution in [3.63, 3.8) is 0 Å². The molecule has 2 heterocycles. The van der Waals surface area contributed by atoms with Crippen molar-refractivity contribution in [3.05, 3.63) is 46.9 Å². The van der Waals surface area contributed by atoms with Crippen molar-refractivity contribution in [2.45, 2.75) is 50.2 Å².